The molecule has 4 aliphatic rings. The van der Waals surface area contributed by atoms with Crippen molar-refractivity contribution in [3.63, 3.8) is 0 Å². The van der Waals surface area contributed by atoms with Crippen LogP contribution in [0.4, 0.5) is 13.2 Å². The van der Waals surface area contributed by atoms with Crippen LogP contribution in [0, 0.1) is 30.1 Å². The molecule has 4 aliphatic carbocycles. The van der Waals surface area contributed by atoms with Crippen LogP contribution in [-0.4, -0.2) is 31.1 Å². The van der Waals surface area contributed by atoms with Gasteiger partial charge < -0.3 is 10.2 Å². The number of hydrogen-bond acceptors (Lipinski definition) is 4. The third kappa shape index (κ3) is 2.34. The van der Waals surface area contributed by atoms with E-state index in [-0.39, 0.29) is 17.1 Å². The van der Waals surface area contributed by atoms with Crippen LogP contribution in [0.3, 0.4) is 0 Å². The molecule has 5 nitrogen and oxygen atoms in total. The van der Waals surface area contributed by atoms with Crippen LogP contribution >= 0.6 is 0 Å². The van der Waals surface area contributed by atoms with E-state index in [1.807, 2.05) is 16.9 Å². The largest absolute Gasteiger partial charge is 0.507 e. The molecular formula is C22H20F3N3O2. The lowest BCUT2D eigenvalue weighted by atomic mass is 10.00. The second-order valence-corrected chi connectivity index (χ2v) is 9.18. The molecule has 2 N–H and O–H groups in total. The fourth-order valence-electron chi connectivity index (χ4n) is 6.34. The number of aliphatic hydroxyl groups excluding tert-OH is 1. The van der Waals surface area contributed by atoms with Gasteiger partial charge in [0.2, 0.25) is 0 Å². The third-order valence-corrected chi connectivity index (χ3v) is 7.55. The van der Waals surface area contributed by atoms with Gasteiger partial charge in [-0.05, 0) is 72.8 Å². The lowest BCUT2D eigenvalue weighted by Gasteiger charge is -2.13. The smallest absolute Gasteiger partial charge is 0.416 e. The van der Waals surface area contributed by atoms with Crippen LogP contribution in [-0.2, 0) is 12.7 Å². The molecule has 0 saturated heterocycles. The fourth-order valence-corrected chi connectivity index (χ4v) is 6.34. The number of rotatable bonds is 3. The topological polar surface area (TPSA) is 71.2 Å². The van der Waals surface area contributed by atoms with Gasteiger partial charge in [-0.2, -0.15) is 18.3 Å². The highest BCUT2D eigenvalue weighted by Gasteiger charge is 2.78. The minimum atomic E-state index is -4.52. The lowest BCUT2D eigenvalue weighted by Crippen LogP contribution is -2.13. The molecule has 0 radical (unpaired) electrons. The molecule has 0 amide bonds. The normalized spacial score (nSPS) is 31.6. The molecule has 4 saturated carbocycles. The molecule has 3 aromatic rings. The van der Waals surface area contributed by atoms with Crippen LogP contribution in [0.25, 0.3) is 22.3 Å². The van der Waals surface area contributed by atoms with Crippen molar-refractivity contribution in [1.29, 1.82) is 0 Å². The maximum absolute atomic E-state index is 13.0. The van der Waals surface area contributed by atoms with E-state index in [9.17, 15) is 23.4 Å². The molecule has 1 aromatic carbocycles. The Labute approximate surface area is 170 Å². The summed E-state index contributed by atoms with van der Waals surface area (Å²) in [5.41, 5.74) is 0.732. The third-order valence-electron chi connectivity index (χ3n) is 7.55. The molecule has 5 atom stereocenters. The van der Waals surface area contributed by atoms with E-state index in [0.29, 0.717) is 34.7 Å². The number of hydrogen-bond donors (Lipinski definition) is 2. The van der Waals surface area contributed by atoms with Gasteiger partial charge >= 0.3 is 6.18 Å². The summed E-state index contributed by atoms with van der Waals surface area (Å²) in [5, 5.41) is 26.0. The molecule has 4 unspecified atom stereocenters. The van der Waals surface area contributed by atoms with Gasteiger partial charge in [-0.3, -0.25) is 4.68 Å². The number of aromatic hydroxyl groups is 1. The minimum absolute atomic E-state index is 0.164. The van der Waals surface area contributed by atoms with Crippen molar-refractivity contribution >= 4 is 11.0 Å². The Balaban J connectivity index is 1.34. The van der Waals surface area contributed by atoms with E-state index in [0.717, 1.165) is 36.9 Å². The van der Waals surface area contributed by atoms with Crippen molar-refractivity contribution in [2.24, 2.45) is 23.2 Å². The Bertz CT molecular complexity index is 1180. The van der Waals surface area contributed by atoms with Crippen molar-refractivity contribution in [3.8, 4) is 17.0 Å². The van der Waals surface area contributed by atoms with E-state index in [4.69, 9.17) is 0 Å². The second-order valence-electron chi connectivity index (χ2n) is 9.18. The van der Waals surface area contributed by atoms with Crippen molar-refractivity contribution in [2.75, 3.05) is 0 Å². The van der Waals surface area contributed by atoms with Gasteiger partial charge in [0.1, 0.15) is 5.75 Å². The number of aromatic nitrogens is 3. The molecule has 7 rings (SSSR count). The summed E-state index contributed by atoms with van der Waals surface area (Å²) >= 11 is 0. The van der Waals surface area contributed by atoms with Crippen molar-refractivity contribution in [2.45, 2.75) is 38.6 Å². The fraction of sp³-hybridized carbons (Fsp3) is 0.455. The van der Waals surface area contributed by atoms with E-state index >= 15 is 0 Å². The minimum Gasteiger partial charge on any atom is -0.507 e. The first-order valence-corrected chi connectivity index (χ1v) is 10.1. The van der Waals surface area contributed by atoms with Crippen LogP contribution in [0.2, 0.25) is 0 Å². The van der Waals surface area contributed by atoms with E-state index in [1.165, 1.54) is 6.92 Å². The van der Waals surface area contributed by atoms with Crippen molar-refractivity contribution in [3.05, 3.63) is 41.6 Å². The van der Waals surface area contributed by atoms with Gasteiger partial charge in [0.15, 0.2) is 5.65 Å². The first-order chi connectivity index (χ1) is 14.2. The molecule has 8 heteroatoms. The Morgan fingerprint density at radius 1 is 1.27 bits per heavy atom. The summed E-state index contributed by atoms with van der Waals surface area (Å²) in [6, 6.07) is 5.27. The number of pyridine rings is 1. The number of nitrogens with zero attached hydrogens (tertiary/aromatic N) is 3. The number of benzene rings is 1. The highest BCUT2D eigenvalue weighted by molar-refractivity contribution is 5.80. The van der Waals surface area contributed by atoms with Crippen LogP contribution in [0.5, 0.6) is 5.75 Å². The number of phenols is 1. The van der Waals surface area contributed by atoms with Crippen molar-refractivity contribution < 1.29 is 23.4 Å². The van der Waals surface area contributed by atoms with Gasteiger partial charge in [-0.25, -0.2) is 4.98 Å². The van der Waals surface area contributed by atoms with Gasteiger partial charge in [0.25, 0.3) is 0 Å². The Kier molecular flexibility index (Phi) is 3.36. The first-order valence-electron chi connectivity index (χ1n) is 10.1. The summed E-state index contributed by atoms with van der Waals surface area (Å²) in [7, 11) is 0. The van der Waals surface area contributed by atoms with Gasteiger partial charge in [0.05, 0.1) is 17.4 Å². The van der Waals surface area contributed by atoms with Crippen molar-refractivity contribution in [1.82, 2.24) is 14.8 Å². The molecule has 2 heterocycles. The van der Waals surface area contributed by atoms with E-state index in [1.54, 1.807) is 6.07 Å². The number of fused-ring (bicyclic) bond motifs is 1. The average molecular weight is 415 g/mol. The number of aliphatic hydroxyl groups is 1. The zero-order valence-electron chi connectivity index (χ0n) is 16.2. The maximum atomic E-state index is 13.0. The Morgan fingerprint density at radius 2 is 2.07 bits per heavy atom. The van der Waals surface area contributed by atoms with E-state index in [2.05, 4.69) is 10.1 Å². The van der Waals surface area contributed by atoms with E-state index < -0.39 is 17.5 Å². The molecule has 4 bridgehead atoms. The van der Waals surface area contributed by atoms with Gasteiger partial charge in [-0.15, -0.1) is 0 Å². The molecule has 30 heavy (non-hydrogen) atoms. The first kappa shape index (κ1) is 18.2. The highest BCUT2D eigenvalue weighted by atomic mass is 19.4. The zero-order chi connectivity index (χ0) is 21.0. The summed E-state index contributed by atoms with van der Waals surface area (Å²) in [6.07, 6.45) is -0.600. The highest BCUT2D eigenvalue weighted by Crippen LogP contribution is 2.79. The molecular weight excluding hydrogens is 395 g/mol. The molecule has 4 fully saturated rings. The zero-order valence-corrected chi connectivity index (χ0v) is 16.2. The molecule has 2 aromatic heterocycles. The average Bonchev–Trinajstić information content (AvgIpc) is 3.08. The SMILES string of the molecule is Cc1cc(C(F)(F)F)cc(O)c1-c1ccc2cn(C[C@@]34CC5CC3C4C5O)nc2n1. The van der Waals surface area contributed by atoms with Crippen LogP contribution in [0.15, 0.2) is 30.5 Å². The predicted octanol–water partition coefficient (Wildman–Crippen LogP) is 4.15. The summed E-state index contributed by atoms with van der Waals surface area (Å²) < 4.78 is 40.9. The molecule has 0 aliphatic heterocycles. The quantitative estimate of drug-likeness (QED) is 0.674. The monoisotopic (exact) mass is 415 g/mol. The number of halogens is 3. The summed E-state index contributed by atoms with van der Waals surface area (Å²) in [4.78, 5) is 4.51. The Morgan fingerprint density at radius 3 is 2.67 bits per heavy atom. The number of aryl methyl sites for hydroxylation is 1. The predicted molar refractivity (Wildman–Crippen MR) is 103 cm³/mol. The number of phenolic OH excluding ortho intramolecular Hbond substituents is 1. The molecule has 0 spiro atoms. The summed E-state index contributed by atoms with van der Waals surface area (Å²) in [5.74, 6) is 0.971. The van der Waals surface area contributed by atoms with Crippen LogP contribution < -0.4 is 0 Å². The number of alkyl halides is 3. The Hall–Kier alpha value is -2.61. The maximum Gasteiger partial charge on any atom is 0.416 e. The van der Waals surface area contributed by atoms with Gasteiger partial charge in [0, 0.05) is 23.7 Å². The lowest BCUT2D eigenvalue weighted by molar-refractivity contribution is -0.137. The summed E-state index contributed by atoms with van der Waals surface area (Å²) in [6.45, 7) is 2.28. The second kappa shape index (κ2) is 5.55. The standard InChI is InChI=1S/C22H20F3N3O2/c1-10-4-13(22(23,24)25)6-16(29)17(10)15-3-2-11-8-28(27-20(11)26-15)9-21-7-12-5-14(21)18(21)19(12)30/h2-4,6,8,12,14,18-19,29-30H,5,7,9H2,1H3/t12?,14?,18?,19?,21-/m0/s1. The molecule has 156 valence electrons. The van der Waals surface area contributed by atoms with Gasteiger partial charge in [-0.1, -0.05) is 0 Å². The van der Waals surface area contributed by atoms with Crippen LogP contribution in [0.1, 0.15) is 24.0 Å².